The molecule has 0 aromatic heterocycles. The Kier molecular flexibility index (Phi) is 5.52. The van der Waals surface area contributed by atoms with Crippen LogP contribution in [0.2, 0.25) is 0 Å². The highest BCUT2D eigenvalue weighted by molar-refractivity contribution is 7.88. The summed E-state index contributed by atoms with van der Waals surface area (Å²) in [6, 6.07) is -0.856. The second kappa shape index (κ2) is 7.08. The van der Waals surface area contributed by atoms with Crippen LogP contribution in [0.3, 0.4) is 0 Å². The molecule has 24 heavy (non-hydrogen) atoms. The summed E-state index contributed by atoms with van der Waals surface area (Å²) in [4.78, 5) is 37.6. The molecule has 0 radical (unpaired) electrons. The minimum atomic E-state index is -3.65. The molecule has 1 N–H and O–H groups in total. The van der Waals surface area contributed by atoms with E-state index < -0.39 is 33.9 Å². The molecule has 9 heteroatoms. The van der Waals surface area contributed by atoms with Crippen LogP contribution in [0.15, 0.2) is 0 Å². The molecular formula is C15H25N3O5S. The van der Waals surface area contributed by atoms with Gasteiger partial charge in [-0.05, 0) is 12.8 Å². The first-order valence-electron chi connectivity index (χ1n) is 8.25. The molecule has 2 heterocycles. The fourth-order valence-electron chi connectivity index (χ4n) is 3.81. The number of hydrogen-bond donors (Lipinski definition) is 1. The third kappa shape index (κ3) is 3.55. The summed E-state index contributed by atoms with van der Waals surface area (Å²) in [5.74, 6) is -1.22. The number of likely N-dealkylation sites (tertiary alicyclic amines) is 1. The van der Waals surface area contributed by atoms with Gasteiger partial charge in [-0.1, -0.05) is 13.3 Å². The number of nitrogens with zero attached hydrogens (tertiary/aromatic N) is 2. The van der Waals surface area contributed by atoms with Crippen molar-refractivity contribution in [1.82, 2.24) is 14.5 Å². The summed E-state index contributed by atoms with van der Waals surface area (Å²) in [5, 5.41) is 2.58. The van der Waals surface area contributed by atoms with Gasteiger partial charge in [0.15, 0.2) is 0 Å². The van der Waals surface area contributed by atoms with Crippen LogP contribution in [0.5, 0.6) is 0 Å². The van der Waals surface area contributed by atoms with E-state index in [0.717, 1.165) is 17.0 Å². The molecule has 2 aliphatic rings. The van der Waals surface area contributed by atoms with E-state index in [-0.39, 0.29) is 24.8 Å². The summed E-state index contributed by atoms with van der Waals surface area (Å²) in [6.45, 7) is 3.99. The molecule has 3 amide bonds. The lowest BCUT2D eigenvalue weighted by atomic mass is 9.94. The van der Waals surface area contributed by atoms with E-state index >= 15 is 0 Å². The number of rotatable bonds is 6. The van der Waals surface area contributed by atoms with Gasteiger partial charge in [-0.25, -0.2) is 12.7 Å². The van der Waals surface area contributed by atoms with Crippen molar-refractivity contribution >= 4 is 27.7 Å². The Hall–Kier alpha value is -1.64. The van der Waals surface area contributed by atoms with Gasteiger partial charge >= 0.3 is 0 Å². The molecule has 0 aromatic carbocycles. The van der Waals surface area contributed by atoms with Crippen molar-refractivity contribution in [3.8, 4) is 0 Å². The number of amides is 3. The summed E-state index contributed by atoms with van der Waals surface area (Å²) >= 11 is 0. The van der Waals surface area contributed by atoms with Crippen molar-refractivity contribution in [3.63, 3.8) is 0 Å². The van der Waals surface area contributed by atoms with Crippen molar-refractivity contribution < 1.29 is 22.8 Å². The van der Waals surface area contributed by atoms with Crippen LogP contribution in [0.1, 0.15) is 39.5 Å². The topological polar surface area (TPSA) is 104 Å². The Morgan fingerprint density at radius 1 is 1.33 bits per heavy atom. The number of carbonyl (C=O) groups excluding carboxylic acids is 3. The first-order valence-corrected chi connectivity index (χ1v) is 10.1. The molecule has 136 valence electrons. The maximum atomic E-state index is 12.6. The third-order valence-corrected chi connectivity index (χ3v) is 5.82. The van der Waals surface area contributed by atoms with Crippen LogP contribution in [-0.2, 0) is 24.4 Å². The van der Waals surface area contributed by atoms with Gasteiger partial charge in [-0.3, -0.25) is 14.4 Å². The zero-order valence-electron chi connectivity index (χ0n) is 14.3. The van der Waals surface area contributed by atoms with E-state index in [0.29, 0.717) is 19.4 Å². The molecule has 0 aliphatic carbocycles. The van der Waals surface area contributed by atoms with Gasteiger partial charge in [-0.15, -0.1) is 0 Å². The summed E-state index contributed by atoms with van der Waals surface area (Å²) in [5.41, 5.74) is 0. The standard InChI is InChI=1S/C15H25N3O5S/c1-4-5-11-14-12(18(15(11)21)24(3,22)23)7-9-17(14)13(20)6-8-16-10(2)19/h11-12,14H,4-9H2,1-3H3,(H,16,19)/t11-,12+,14-/m1/s1. The normalized spacial score (nSPS) is 26.6. The van der Waals surface area contributed by atoms with E-state index in [4.69, 9.17) is 0 Å². The number of sulfonamides is 1. The number of carbonyl (C=O) groups is 3. The monoisotopic (exact) mass is 359 g/mol. The van der Waals surface area contributed by atoms with Crippen LogP contribution >= 0.6 is 0 Å². The quantitative estimate of drug-likeness (QED) is 0.701. The van der Waals surface area contributed by atoms with Gasteiger partial charge in [0.25, 0.3) is 0 Å². The highest BCUT2D eigenvalue weighted by Gasteiger charge is 2.56. The smallest absolute Gasteiger partial charge is 0.241 e. The largest absolute Gasteiger partial charge is 0.356 e. The number of fused-ring (bicyclic) bond motifs is 1. The molecule has 2 aliphatic heterocycles. The predicted molar refractivity (Wildman–Crippen MR) is 87.3 cm³/mol. The van der Waals surface area contributed by atoms with Crippen molar-refractivity contribution in [1.29, 1.82) is 0 Å². The van der Waals surface area contributed by atoms with Gasteiger partial charge in [0.05, 0.1) is 24.3 Å². The zero-order chi connectivity index (χ0) is 18.1. The lowest BCUT2D eigenvalue weighted by molar-refractivity contribution is -0.133. The molecule has 0 spiro atoms. The highest BCUT2D eigenvalue weighted by atomic mass is 32.2. The molecule has 8 nitrogen and oxygen atoms in total. The molecule has 0 saturated carbocycles. The van der Waals surface area contributed by atoms with Gasteiger partial charge in [0.1, 0.15) is 0 Å². The SMILES string of the molecule is CCC[C@H]1C(=O)N(S(C)(=O)=O)[C@H]2CCN(C(=O)CCNC(C)=O)[C@H]12. The molecule has 0 bridgehead atoms. The van der Waals surface area contributed by atoms with Crippen molar-refractivity contribution in [3.05, 3.63) is 0 Å². The Bertz CT molecular complexity index is 633. The van der Waals surface area contributed by atoms with Gasteiger partial charge in [0, 0.05) is 26.4 Å². The first kappa shape index (κ1) is 18.7. The van der Waals surface area contributed by atoms with Crippen LogP contribution in [-0.4, -0.2) is 66.8 Å². The Labute approximate surface area is 142 Å². The van der Waals surface area contributed by atoms with Crippen molar-refractivity contribution in [2.24, 2.45) is 5.92 Å². The maximum absolute atomic E-state index is 12.6. The average Bonchev–Trinajstić information content (AvgIpc) is 2.97. The van der Waals surface area contributed by atoms with Gasteiger partial charge in [-0.2, -0.15) is 0 Å². The lowest BCUT2D eigenvalue weighted by Crippen LogP contribution is -2.44. The van der Waals surface area contributed by atoms with Crippen molar-refractivity contribution in [2.45, 2.75) is 51.6 Å². The maximum Gasteiger partial charge on any atom is 0.241 e. The average molecular weight is 359 g/mol. The molecule has 2 fully saturated rings. The summed E-state index contributed by atoms with van der Waals surface area (Å²) < 4.78 is 25.0. The minimum absolute atomic E-state index is 0.148. The fourth-order valence-corrected chi connectivity index (χ4v) is 4.99. The van der Waals surface area contributed by atoms with Gasteiger partial charge < -0.3 is 10.2 Å². The van der Waals surface area contributed by atoms with E-state index in [1.54, 1.807) is 4.90 Å². The Morgan fingerprint density at radius 2 is 2.00 bits per heavy atom. The Morgan fingerprint density at radius 3 is 2.54 bits per heavy atom. The second-order valence-electron chi connectivity index (χ2n) is 6.46. The van der Waals surface area contributed by atoms with Crippen molar-refractivity contribution in [2.75, 3.05) is 19.3 Å². The fraction of sp³-hybridized carbons (Fsp3) is 0.800. The second-order valence-corrected chi connectivity index (χ2v) is 8.32. The first-order chi connectivity index (χ1) is 11.2. The highest BCUT2D eigenvalue weighted by Crippen LogP contribution is 2.40. The number of nitrogens with one attached hydrogen (secondary N) is 1. The van der Waals surface area contributed by atoms with Crippen LogP contribution in [0, 0.1) is 5.92 Å². The van der Waals surface area contributed by atoms with E-state index in [1.165, 1.54) is 6.92 Å². The molecule has 0 aromatic rings. The van der Waals surface area contributed by atoms with Crippen LogP contribution in [0.25, 0.3) is 0 Å². The number of hydrogen-bond acceptors (Lipinski definition) is 5. The molecule has 3 atom stereocenters. The van der Waals surface area contributed by atoms with Gasteiger partial charge in [0.2, 0.25) is 27.7 Å². The minimum Gasteiger partial charge on any atom is -0.356 e. The molecule has 2 rings (SSSR count). The molecule has 2 saturated heterocycles. The lowest BCUT2D eigenvalue weighted by Gasteiger charge is -2.27. The zero-order valence-corrected chi connectivity index (χ0v) is 15.1. The molecular weight excluding hydrogens is 334 g/mol. The van der Waals surface area contributed by atoms with E-state index in [1.807, 2.05) is 6.92 Å². The summed E-state index contributed by atoms with van der Waals surface area (Å²) in [7, 11) is -3.65. The molecule has 0 unspecified atom stereocenters. The third-order valence-electron chi connectivity index (χ3n) is 4.66. The van der Waals surface area contributed by atoms with Crippen LogP contribution < -0.4 is 5.32 Å². The van der Waals surface area contributed by atoms with Crippen LogP contribution in [0.4, 0.5) is 0 Å². The predicted octanol–water partition coefficient (Wildman–Crippen LogP) is -0.300. The Balaban J connectivity index is 2.19. The van der Waals surface area contributed by atoms with E-state index in [9.17, 15) is 22.8 Å². The van der Waals surface area contributed by atoms with E-state index in [2.05, 4.69) is 5.32 Å². The summed E-state index contributed by atoms with van der Waals surface area (Å²) in [6.07, 6.45) is 2.95.